The highest BCUT2D eigenvalue weighted by atomic mass is 16.5. The highest BCUT2D eigenvalue weighted by molar-refractivity contribution is 5.17. The third-order valence-corrected chi connectivity index (χ3v) is 3.95. The van der Waals surface area contributed by atoms with Gasteiger partial charge < -0.3 is 10.1 Å². The number of nitrogens with zero attached hydrogens (tertiary/aromatic N) is 2. The lowest BCUT2D eigenvalue weighted by molar-refractivity contribution is 0.280. The molecule has 0 aliphatic heterocycles. The molecule has 2 rings (SSSR count). The van der Waals surface area contributed by atoms with Crippen LogP contribution in [0.4, 0.5) is 0 Å². The van der Waals surface area contributed by atoms with E-state index in [4.69, 9.17) is 4.74 Å². The average Bonchev–Trinajstić information content (AvgIpc) is 3.29. The highest BCUT2D eigenvalue weighted by Gasteiger charge is 2.20. The van der Waals surface area contributed by atoms with E-state index in [2.05, 4.69) is 22.2 Å². The number of aromatic nitrogens is 2. The lowest BCUT2D eigenvalue weighted by atomic mass is 10.1. The minimum atomic E-state index is 0.524. The van der Waals surface area contributed by atoms with Crippen LogP contribution >= 0.6 is 0 Å². The van der Waals surface area contributed by atoms with Crippen LogP contribution in [0.5, 0.6) is 6.01 Å². The van der Waals surface area contributed by atoms with E-state index in [-0.39, 0.29) is 0 Å². The number of rotatable bonds is 11. The summed E-state index contributed by atoms with van der Waals surface area (Å²) in [6, 6.07) is 1.24. The van der Waals surface area contributed by atoms with Crippen LogP contribution in [0.25, 0.3) is 0 Å². The van der Waals surface area contributed by atoms with Crippen LogP contribution in [-0.2, 0) is 6.54 Å². The number of ether oxygens (including phenoxy) is 1. The van der Waals surface area contributed by atoms with Gasteiger partial charge in [0.15, 0.2) is 0 Å². The van der Waals surface area contributed by atoms with Crippen LogP contribution in [-0.4, -0.2) is 22.6 Å². The van der Waals surface area contributed by atoms with Gasteiger partial charge in [0.05, 0.1) is 6.61 Å². The molecule has 0 unspecified atom stereocenters. The van der Waals surface area contributed by atoms with Crippen LogP contribution < -0.4 is 10.1 Å². The van der Waals surface area contributed by atoms with Gasteiger partial charge in [-0.15, -0.1) is 0 Å². The van der Waals surface area contributed by atoms with Crippen LogP contribution in [0.15, 0.2) is 6.20 Å². The van der Waals surface area contributed by atoms with Crippen molar-refractivity contribution in [3.8, 4) is 6.01 Å². The van der Waals surface area contributed by atoms with Gasteiger partial charge in [-0.25, -0.2) is 9.97 Å². The van der Waals surface area contributed by atoms with Gasteiger partial charge in [0.25, 0.3) is 0 Å². The third-order valence-electron chi connectivity index (χ3n) is 3.95. The molecule has 4 heteroatoms. The van der Waals surface area contributed by atoms with Gasteiger partial charge in [-0.05, 0) is 26.2 Å². The molecule has 118 valence electrons. The Kier molecular flexibility index (Phi) is 6.93. The van der Waals surface area contributed by atoms with Crippen molar-refractivity contribution < 1.29 is 4.74 Å². The largest absolute Gasteiger partial charge is 0.463 e. The van der Waals surface area contributed by atoms with Gasteiger partial charge in [-0.2, -0.15) is 0 Å². The first-order chi connectivity index (χ1) is 10.3. The quantitative estimate of drug-likeness (QED) is 0.630. The van der Waals surface area contributed by atoms with Crippen LogP contribution in [0.2, 0.25) is 0 Å². The number of hydrogen-bond acceptors (Lipinski definition) is 4. The first-order valence-corrected chi connectivity index (χ1v) is 8.48. The SMILES string of the molecule is CCCCCCCCOc1ncc(CNC2CC2)c(C)n1. The summed E-state index contributed by atoms with van der Waals surface area (Å²) in [6.07, 6.45) is 12.1. The summed E-state index contributed by atoms with van der Waals surface area (Å²) in [6.45, 7) is 5.87. The summed E-state index contributed by atoms with van der Waals surface area (Å²) in [4.78, 5) is 8.76. The van der Waals surface area contributed by atoms with Gasteiger partial charge in [0.2, 0.25) is 0 Å². The Morgan fingerprint density at radius 1 is 1.19 bits per heavy atom. The average molecular weight is 291 g/mol. The zero-order valence-corrected chi connectivity index (χ0v) is 13.5. The summed E-state index contributed by atoms with van der Waals surface area (Å²) >= 11 is 0. The Balaban J connectivity index is 1.62. The Hall–Kier alpha value is -1.16. The Morgan fingerprint density at radius 3 is 2.67 bits per heavy atom. The maximum Gasteiger partial charge on any atom is 0.316 e. The highest BCUT2D eigenvalue weighted by Crippen LogP contribution is 2.19. The fraction of sp³-hybridized carbons (Fsp3) is 0.765. The summed E-state index contributed by atoms with van der Waals surface area (Å²) in [7, 11) is 0. The fourth-order valence-corrected chi connectivity index (χ4v) is 2.30. The summed E-state index contributed by atoms with van der Waals surface area (Å²) in [5, 5.41) is 3.49. The number of hydrogen-bond donors (Lipinski definition) is 1. The predicted octanol–water partition coefficient (Wildman–Crippen LogP) is 3.78. The van der Waals surface area contributed by atoms with Crippen molar-refractivity contribution in [2.75, 3.05) is 6.61 Å². The Labute approximate surface area is 128 Å². The third kappa shape index (κ3) is 6.42. The topological polar surface area (TPSA) is 47.0 Å². The molecule has 0 bridgehead atoms. The van der Waals surface area contributed by atoms with Gasteiger partial charge in [-0.1, -0.05) is 39.0 Å². The van der Waals surface area contributed by atoms with Crippen LogP contribution in [0.1, 0.15) is 69.5 Å². The van der Waals surface area contributed by atoms with Gasteiger partial charge in [0, 0.05) is 30.0 Å². The zero-order chi connectivity index (χ0) is 14.9. The molecule has 1 fully saturated rings. The van der Waals surface area contributed by atoms with Crippen molar-refractivity contribution in [3.05, 3.63) is 17.5 Å². The molecule has 1 heterocycles. The molecule has 0 saturated heterocycles. The van der Waals surface area contributed by atoms with Crippen molar-refractivity contribution in [2.45, 2.75) is 77.8 Å². The number of nitrogens with one attached hydrogen (secondary N) is 1. The Morgan fingerprint density at radius 2 is 1.95 bits per heavy atom. The molecular weight excluding hydrogens is 262 g/mol. The maximum atomic E-state index is 5.64. The first-order valence-electron chi connectivity index (χ1n) is 8.48. The zero-order valence-electron chi connectivity index (χ0n) is 13.5. The van der Waals surface area contributed by atoms with Crippen molar-refractivity contribution in [1.29, 1.82) is 0 Å². The van der Waals surface area contributed by atoms with Gasteiger partial charge in [0.1, 0.15) is 0 Å². The van der Waals surface area contributed by atoms with E-state index < -0.39 is 0 Å². The standard InChI is InChI=1S/C17H29N3O/c1-3-4-5-6-7-8-11-21-17-19-13-15(14(2)20-17)12-18-16-9-10-16/h13,16,18H,3-12H2,1-2H3. The molecule has 0 atom stereocenters. The second kappa shape index (κ2) is 8.98. The molecule has 4 nitrogen and oxygen atoms in total. The van der Waals surface area contributed by atoms with Gasteiger partial charge in [-0.3, -0.25) is 0 Å². The molecule has 0 radical (unpaired) electrons. The van der Waals surface area contributed by atoms with Crippen molar-refractivity contribution >= 4 is 0 Å². The number of aryl methyl sites for hydroxylation is 1. The van der Waals surface area contributed by atoms with E-state index in [1.165, 1.54) is 50.5 Å². The molecule has 1 N–H and O–H groups in total. The van der Waals surface area contributed by atoms with Crippen molar-refractivity contribution in [1.82, 2.24) is 15.3 Å². The van der Waals surface area contributed by atoms with E-state index in [1.54, 1.807) is 0 Å². The predicted molar refractivity (Wildman–Crippen MR) is 85.5 cm³/mol. The minimum Gasteiger partial charge on any atom is -0.463 e. The first kappa shape index (κ1) is 16.2. The molecule has 1 saturated carbocycles. The summed E-state index contributed by atoms with van der Waals surface area (Å²) in [5.41, 5.74) is 2.20. The normalized spacial score (nSPS) is 14.4. The maximum absolute atomic E-state index is 5.64. The van der Waals surface area contributed by atoms with Crippen LogP contribution in [0.3, 0.4) is 0 Å². The lowest BCUT2D eigenvalue weighted by Crippen LogP contribution is -2.17. The fourth-order valence-electron chi connectivity index (χ4n) is 2.30. The Bertz CT molecular complexity index is 418. The lowest BCUT2D eigenvalue weighted by Gasteiger charge is -2.08. The smallest absolute Gasteiger partial charge is 0.316 e. The van der Waals surface area contributed by atoms with Crippen molar-refractivity contribution in [2.24, 2.45) is 0 Å². The second-order valence-electron chi connectivity index (χ2n) is 6.03. The van der Waals surface area contributed by atoms with Crippen LogP contribution in [0, 0.1) is 6.92 Å². The van der Waals surface area contributed by atoms with E-state index in [1.807, 2.05) is 13.1 Å². The monoisotopic (exact) mass is 291 g/mol. The van der Waals surface area contributed by atoms with E-state index in [0.717, 1.165) is 25.3 Å². The molecule has 0 spiro atoms. The second-order valence-corrected chi connectivity index (χ2v) is 6.03. The number of unbranched alkanes of at least 4 members (excludes halogenated alkanes) is 5. The molecule has 0 amide bonds. The molecule has 1 aromatic heterocycles. The summed E-state index contributed by atoms with van der Waals surface area (Å²) < 4.78 is 5.64. The van der Waals surface area contributed by atoms with E-state index in [9.17, 15) is 0 Å². The molecule has 1 aromatic rings. The van der Waals surface area contributed by atoms with Crippen molar-refractivity contribution in [3.63, 3.8) is 0 Å². The molecule has 21 heavy (non-hydrogen) atoms. The molecule has 1 aliphatic rings. The van der Waals surface area contributed by atoms with Gasteiger partial charge >= 0.3 is 6.01 Å². The van der Waals surface area contributed by atoms with E-state index in [0.29, 0.717) is 12.1 Å². The minimum absolute atomic E-state index is 0.524. The molecule has 0 aromatic carbocycles. The molecular formula is C17H29N3O. The molecule has 1 aliphatic carbocycles. The summed E-state index contributed by atoms with van der Waals surface area (Å²) in [5.74, 6) is 0. The van der Waals surface area contributed by atoms with E-state index >= 15 is 0 Å².